The highest BCUT2D eigenvalue weighted by Gasteiger charge is 2.46. The monoisotopic (exact) mass is 359 g/mol. The van der Waals surface area contributed by atoms with E-state index >= 15 is 0 Å². The van der Waals surface area contributed by atoms with Gasteiger partial charge in [0.05, 0.1) is 5.54 Å². The highest BCUT2D eigenvalue weighted by Crippen LogP contribution is 2.32. The molecule has 130 valence electrons. The Morgan fingerprint density at radius 3 is 2.43 bits per heavy atom. The van der Waals surface area contributed by atoms with Crippen molar-refractivity contribution >= 4 is 30.7 Å². The van der Waals surface area contributed by atoms with E-state index in [0.717, 1.165) is 45.3 Å². The van der Waals surface area contributed by atoms with Crippen LogP contribution in [0.25, 0.3) is 0 Å². The fourth-order valence-corrected chi connectivity index (χ4v) is 2.95. The van der Waals surface area contributed by atoms with Gasteiger partial charge in [0.15, 0.2) is 0 Å². The molecule has 1 saturated heterocycles. The summed E-state index contributed by atoms with van der Waals surface area (Å²) in [7, 11) is 0. The number of piperidine rings is 1. The van der Waals surface area contributed by atoms with Gasteiger partial charge in [0.1, 0.15) is 0 Å². The number of hydrogen-bond donors (Lipinski definition) is 2. The van der Waals surface area contributed by atoms with Gasteiger partial charge in [0.25, 0.3) is 0 Å². The van der Waals surface area contributed by atoms with Gasteiger partial charge in [0, 0.05) is 25.7 Å². The van der Waals surface area contributed by atoms with Crippen LogP contribution in [0.2, 0.25) is 0 Å². The van der Waals surface area contributed by atoms with E-state index < -0.39 is 5.54 Å². The zero-order chi connectivity index (χ0) is 14.9. The second-order valence-corrected chi connectivity index (χ2v) is 6.61. The first kappa shape index (κ1) is 20.2. The second-order valence-electron chi connectivity index (χ2n) is 6.61. The number of aryl methyl sites for hydroxylation is 1. The van der Waals surface area contributed by atoms with Gasteiger partial charge in [-0.1, -0.05) is 24.3 Å². The van der Waals surface area contributed by atoms with Crippen molar-refractivity contribution in [3.63, 3.8) is 0 Å². The molecule has 4 nitrogen and oxygen atoms in total. The lowest BCUT2D eigenvalue weighted by Crippen LogP contribution is -2.50. The third kappa shape index (κ3) is 5.08. The summed E-state index contributed by atoms with van der Waals surface area (Å²) < 4.78 is 0. The highest BCUT2D eigenvalue weighted by atomic mass is 35.5. The zero-order valence-electron chi connectivity index (χ0n) is 13.6. The molecule has 1 aromatic rings. The molecular weight excluding hydrogens is 333 g/mol. The Bertz CT molecular complexity index is 526. The van der Waals surface area contributed by atoms with E-state index in [4.69, 9.17) is 5.73 Å². The van der Waals surface area contributed by atoms with Gasteiger partial charge in [-0.2, -0.15) is 0 Å². The van der Waals surface area contributed by atoms with Crippen molar-refractivity contribution in [3.05, 3.63) is 35.4 Å². The van der Waals surface area contributed by atoms with Crippen LogP contribution in [-0.2, 0) is 11.3 Å². The number of nitrogens with two attached hydrogens (primary N) is 1. The van der Waals surface area contributed by atoms with Gasteiger partial charge in [-0.05, 0) is 43.7 Å². The van der Waals surface area contributed by atoms with Crippen molar-refractivity contribution in [1.82, 2.24) is 10.2 Å². The number of carbonyl (C=O) groups excluding carboxylic acids is 1. The number of rotatable bonds is 4. The highest BCUT2D eigenvalue weighted by molar-refractivity contribution is 5.89. The summed E-state index contributed by atoms with van der Waals surface area (Å²) in [4.78, 5) is 14.4. The van der Waals surface area contributed by atoms with Crippen molar-refractivity contribution in [2.75, 3.05) is 13.1 Å². The fraction of sp³-hybridized carbons (Fsp3) is 0.588. The molecule has 0 radical (unpaired) electrons. The number of nitrogens with one attached hydrogen (secondary N) is 1. The van der Waals surface area contributed by atoms with E-state index in [0.29, 0.717) is 6.04 Å². The largest absolute Gasteiger partial charge is 0.352 e. The number of amides is 1. The lowest BCUT2D eigenvalue weighted by molar-refractivity contribution is -0.124. The third-order valence-electron chi connectivity index (χ3n) is 4.82. The van der Waals surface area contributed by atoms with Crippen LogP contribution < -0.4 is 11.1 Å². The van der Waals surface area contributed by atoms with Crippen LogP contribution in [0.4, 0.5) is 0 Å². The lowest BCUT2D eigenvalue weighted by atomic mass is 10.0. The first-order valence-electron chi connectivity index (χ1n) is 7.93. The summed E-state index contributed by atoms with van der Waals surface area (Å²) >= 11 is 0. The standard InChI is InChI=1S/C17H25N3O.2ClH/c1-13-4-2-3-5-14(13)12-20-10-6-15(7-11-20)19-16(21)17(18)8-9-17;;/h2-5,15H,6-12,18H2,1H3,(H,19,21);2*1H. The Hall–Kier alpha value is -0.810. The van der Waals surface area contributed by atoms with Gasteiger partial charge in [-0.3, -0.25) is 9.69 Å². The van der Waals surface area contributed by atoms with E-state index in [1.54, 1.807) is 0 Å². The van der Waals surface area contributed by atoms with Crippen molar-refractivity contribution < 1.29 is 4.79 Å². The molecule has 0 bridgehead atoms. The first-order chi connectivity index (χ1) is 10.1. The average molecular weight is 360 g/mol. The quantitative estimate of drug-likeness (QED) is 0.867. The van der Waals surface area contributed by atoms with Crippen LogP contribution in [0.1, 0.15) is 36.8 Å². The molecule has 2 aliphatic rings. The molecule has 0 aromatic heterocycles. The summed E-state index contributed by atoms with van der Waals surface area (Å²) in [5, 5.41) is 3.13. The average Bonchev–Trinajstić information content (AvgIpc) is 3.23. The normalized spacial score (nSPS) is 20.1. The minimum atomic E-state index is -0.543. The van der Waals surface area contributed by atoms with Crippen LogP contribution in [0, 0.1) is 6.92 Å². The molecule has 2 fully saturated rings. The molecule has 6 heteroatoms. The maximum Gasteiger partial charge on any atom is 0.240 e. The molecular formula is C17H27Cl2N3O. The molecule has 0 unspecified atom stereocenters. The number of nitrogens with zero attached hydrogens (tertiary/aromatic N) is 1. The molecule has 3 N–H and O–H groups in total. The SMILES string of the molecule is Cc1ccccc1CN1CCC(NC(=O)C2(N)CC2)CC1.Cl.Cl. The predicted molar refractivity (Wildman–Crippen MR) is 98.3 cm³/mol. The van der Waals surface area contributed by atoms with Crippen molar-refractivity contribution in [3.8, 4) is 0 Å². The maximum absolute atomic E-state index is 12.0. The number of carbonyl (C=O) groups is 1. The molecule has 1 amide bonds. The van der Waals surface area contributed by atoms with Crippen LogP contribution in [0.5, 0.6) is 0 Å². The van der Waals surface area contributed by atoms with Gasteiger partial charge >= 0.3 is 0 Å². The molecule has 1 heterocycles. The lowest BCUT2D eigenvalue weighted by Gasteiger charge is -2.33. The van der Waals surface area contributed by atoms with Crippen molar-refractivity contribution in [2.24, 2.45) is 5.73 Å². The first-order valence-corrected chi connectivity index (χ1v) is 7.93. The third-order valence-corrected chi connectivity index (χ3v) is 4.82. The molecule has 1 aliphatic carbocycles. The van der Waals surface area contributed by atoms with Gasteiger partial charge in [-0.15, -0.1) is 24.8 Å². The Labute approximate surface area is 151 Å². The molecule has 1 aromatic carbocycles. The fourth-order valence-electron chi connectivity index (χ4n) is 2.95. The Kier molecular flexibility index (Phi) is 7.33. The Balaban J connectivity index is 0.00000132. The zero-order valence-corrected chi connectivity index (χ0v) is 15.2. The van der Waals surface area contributed by atoms with Gasteiger partial charge in [0.2, 0.25) is 5.91 Å². The topological polar surface area (TPSA) is 58.4 Å². The summed E-state index contributed by atoms with van der Waals surface area (Å²) in [6, 6.07) is 8.85. The molecule has 23 heavy (non-hydrogen) atoms. The molecule has 1 saturated carbocycles. The van der Waals surface area contributed by atoms with E-state index in [-0.39, 0.29) is 30.7 Å². The smallest absolute Gasteiger partial charge is 0.240 e. The summed E-state index contributed by atoms with van der Waals surface area (Å²) in [5.74, 6) is 0.0554. The van der Waals surface area contributed by atoms with E-state index in [2.05, 4.69) is 41.4 Å². The van der Waals surface area contributed by atoms with Crippen LogP contribution in [0.3, 0.4) is 0 Å². The number of likely N-dealkylation sites (tertiary alicyclic amines) is 1. The maximum atomic E-state index is 12.0. The predicted octanol–water partition coefficient (Wildman–Crippen LogP) is 2.41. The van der Waals surface area contributed by atoms with Crippen LogP contribution >= 0.6 is 24.8 Å². The minimum Gasteiger partial charge on any atom is -0.352 e. The van der Waals surface area contributed by atoms with E-state index in [9.17, 15) is 4.79 Å². The van der Waals surface area contributed by atoms with Crippen molar-refractivity contribution in [1.29, 1.82) is 0 Å². The van der Waals surface area contributed by atoms with Crippen LogP contribution in [0.15, 0.2) is 24.3 Å². The number of halogens is 2. The second kappa shape index (κ2) is 8.34. The molecule has 0 atom stereocenters. The van der Waals surface area contributed by atoms with E-state index in [1.807, 2.05) is 0 Å². The van der Waals surface area contributed by atoms with E-state index in [1.165, 1.54) is 11.1 Å². The molecule has 1 aliphatic heterocycles. The Morgan fingerprint density at radius 2 is 1.87 bits per heavy atom. The number of hydrogen-bond acceptors (Lipinski definition) is 3. The molecule has 3 rings (SSSR count). The molecule has 0 spiro atoms. The summed E-state index contributed by atoms with van der Waals surface area (Å²) in [6.45, 7) is 5.25. The van der Waals surface area contributed by atoms with Crippen LogP contribution in [-0.4, -0.2) is 35.5 Å². The van der Waals surface area contributed by atoms with Crippen molar-refractivity contribution in [2.45, 2.75) is 50.7 Å². The van der Waals surface area contributed by atoms with Gasteiger partial charge in [-0.25, -0.2) is 0 Å². The minimum absolute atomic E-state index is 0. The Morgan fingerprint density at radius 1 is 1.26 bits per heavy atom. The summed E-state index contributed by atoms with van der Waals surface area (Å²) in [5.41, 5.74) is 8.14. The number of benzene rings is 1. The summed E-state index contributed by atoms with van der Waals surface area (Å²) in [6.07, 6.45) is 3.72. The van der Waals surface area contributed by atoms with Gasteiger partial charge < -0.3 is 11.1 Å².